The highest BCUT2D eigenvalue weighted by Gasteiger charge is 2.22. The maximum atomic E-state index is 11.5. The number of carbonyl (C=O) groups is 1. The lowest BCUT2D eigenvalue weighted by molar-refractivity contribution is -0.118. The molecule has 0 bridgehead atoms. The number of carbonyl (C=O) groups excluding carboxylic acids is 1. The standard InChI is InChI=1S/C19H27NO/c1-15(21)12-19-8-3-2-4-11-20(19)14-16-9-10-17-6-5-7-18(17)13-16/h9-10,13,19H,2-8,11-12,14H2,1H3. The predicted octanol–water partition coefficient (Wildman–Crippen LogP) is 3.90. The summed E-state index contributed by atoms with van der Waals surface area (Å²) in [4.78, 5) is 14.1. The van der Waals surface area contributed by atoms with Crippen molar-refractivity contribution in [2.24, 2.45) is 0 Å². The van der Waals surface area contributed by atoms with E-state index < -0.39 is 0 Å². The Kier molecular flexibility index (Phi) is 4.74. The maximum absolute atomic E-state index is 11.5. The monoisotopic (exact) mass is 285 g/mol. The fraction of sp³-hybridized carbons (Fsp3) is 0.632. The van der Waals surface area contributed by atoms with Crippen molar-refractivity contribution in [2.45, 2.75) is 70.9 Å². The molecule has 21 heavy (non-hydrogen) atoms. The molecule has 0 radical (unpaired) electrons. The van der Waals surface area contributed by atoms with Crippen molar-refractivity contribution < 1.29 is 4.79 Å². The molecule has 1 saturated heterocycles. The van der Waals surface area contributed by atoms with Gasteiger partial charge in [-0.15, -0.1) is 0 Å². The average Bonchev–Trinajstić information content (AvgIpc) is 2.81. The highest BCUT2D eigenvalue weighted by Crippen LogP contribution is 2.26. The molecule has 2 heteroatoms. The Balaban J connectivity index is 1.72. The van der Waals surface area contributed by atoms with Crippen molar-refractivity contribution in [3.63, 3.8) is 0 Å². The first-order chi connectivity index (χ1) is 10.2. The molecule has 3 rings (SSSR count). The van der Waals surface area contributed by atoms with Gasteiger partial charge in [0.1, 0.15) is 5.78 Å². The molecule has 0 amide bonds. The molecule has 114 valence electrons. The zero-order chi connectivity index (χ0) is 14.7. The zero-order valence-electron chi connectivity index (χ0n) is 13.2. The molecule has 1 aliphatic heterocycles. The molecule has 0 N–H and O–H groups in total. The first-order valence-electron chi connectivity index (χ1n) is 8.56. The van der Waals surface area contributed by atoms with E-state index >= 15 is 0 Å². The number of aryl methyl sites for hydroxylation is 2. The molecule has 1 aliphatic carbocycles. The lowest BCUT2D eigenvalue weighted by Crippen LogP contribution is -2.35. The number of hydrogen-bond acceptors (Lipinski definition) is 2. The third kappa shape index (κ3) is 3.74. The van der Waals surface area contributed by atoms with Crippen LogP contribution in [0, 0.1) is 0 Å². The van der Waals surface area contributed by atoms with Crippen LogP contribution in [0.1, 0.15) is 62.1 Å². The van der Waals surface area contributed by atoms with Crippen LogP contribution in [0.25, 0.3) is 0 Å². The summed E-state index contributed by atoms with van der Waals surface area (Å²) in [5, 5.41) is 0. The van der Waals surface area contributed by atoms with Crippen LogP contribution in [0.5, 0.6) is 0 Å². The Morgan fingerprint density at radius 2 is 2.00 bits per heavy atom. The van der Waals surface area contributed by atoms with E-state index in [9.17, 15) is 4.79 Å². The first-order valence-corrected chi connectivity index (χ1v) is 8.56. The lowest BCUT2D eigenvalue weighted by Gasteiger charge is -2.29. The number of nitrogens with zero attached hydrogens (tertiary/aromatic N) is 1. The molecule has 0 spiro atoms. The highest BCUT2D eigenvalue weighted by atomic mass is 16.1. The minimum absolute atomic E-state index is 0.334. The first kappa shape index (κ1) is 14.8. The van der Waals surface area contributed by atoms with Crippen LogP contribution in [0.4, 0.5) is 0 Å². The van der Waals surface area contributed by atoms with Crippen molar-refractivity contribution >= 4 is 5.78 Å². The number of benzene rings is 1. The van der Waals surface area contributed by atoms with Crippen molar-refractivity contribution in [1.29, 1.82) is 0 Å². The minimum atomic E-state index is 0.334. The molecule has 1 atom stereocenters. The van der Waals surface area contributed by atoms with Gasteiger partial charge in [-0.3, -0.25) is 9.69 Å². The van der Waals surface area contributed by atoms with E-state index in [2.05, 4.69) is 23.1 Å². The Morgan fingerprint density at radius 3 is 2.86 bits per heavy atom. The lowest BCUT2D eigenvalue weighted by atomic mass is 10.0. The molecular formula is C19H27NO. The summed E-state index contributed by atoms with van der Waals surface area (Å²) in [7, 11) is 0. The van der Waals surface area contributed by atoms with Crippen molar-refractivity contribution in [3.8, 4) is 0 Å². The number of hydrogen-bond donors (Lipinski definition) is 0. The topological polar surface area (TPSA) is 20.3 Å². The van der Waals surface area contributed by atoms with Crippen LogP contribution >= 0.6 is 0 Å². The van der Waals surface area contributed by atoms with Gasteiger partial charge in [0.2, 0.25) is 0 Å². The summed E-state index contributed by atoms with van der Waals surface area (Å²) in [5.41, 5.74) is 4.55. The molecular weight excluding hydrogens is 258 g/mol. The number of fused-ring (bicyclic) bond motifs is 1. The molecule has 1 aromatic rings. The van der Waals surface area contributed by atoms with Crippen LogP contribution in [0.3, 0.4) is 0 Å². The van der Waals surface area contributed by atoms with Gasteiger partial charge in [-0.1, -0.05) is 31.0 Å². The highest BCUT2D eigenvalue weighted by molar-refractivity contribution is 5.76. The third-order valence-corrected chi connectivity index (χ3v) is 5.07. The normalized spacial score (nSPS) is 22.8. The Bertz CT molecular complexity index is 508. The minimum Gasteiger partial charge on any atom is -0.300 e. The maximum Gasteiger partial charge on any atom is 0.131 e. The van der Waals surface area contributed by atoms with Gasteiger partial charge in [0, 0.05) is 19.0 Å². The molecule has 2 nitrogen and oxygen atoms in total. The van der Waals surface area contributed by atoms with Gasteiger partial charge in [-0.05, 0) is 62.3 Å². The number of ketones is 1. The average molecular weight is 285 g/mol. The van der Waals surface area contributed by atoms with Gasteiger partial charge < -0.3 is 0 Å². The van der Waals surface area contributed by atoms with Crippen molar-refractivity contribution in [2.75, 3.05) is 6.54 Å². The predicted molar refractivity (Wildman–Crippen MR) is 86.4 cm³/mol. The molecule has 1 fully saturated rings. The zero-order valence-corrected chi connectivity index (χ0v) is 13.2. The fourth-order valence-corrected chi connectivity index (χ4v) is 3.97. The summed E-state index contributed by atoms with van der Waals surface area (Å²) in [6.07, 6.45) is 9.60. The summed E-state index contributed by atoms with van der Waals surface area (Å²) < 4.78 is 0. The van der Waals surface area contributed by atoms with E-state index in [1.807, 2.05) is 0 Å². The molecule has 1 unspecified atom stereocenters. The second-order valence-electron chi connectivity index (χ2n) is 6.84. The SMILES string of the molecule is CC(=O)CC1CCCCCN1Cc1ccc2c(c1)CCC2. The van der Waals surface area contributed by atoms with E-state index in [1.54, 1.807) is 18.1 Å². The molecule has 1 aromatic carbocycles. The Morgan fingerprint density at radius 1 is 1.14 bits per heavy atom. The second-order valence-corrected chi connectivity index (χ2v) is 6.84. The summed E-state index contributed by atoms with van der Waals surface area (Å²) in [5.74, 6) is 0.334. The smallest absolute Gasteiger partial charge is 0.131 e. The Labute approximate surface area is 128 Å². The molecule has 2 aliphatic rings. The van der Waals surface area contributed by atoms with Crippen LogP contribution in [0.2, 0.25) is 0 Å². The van der Waals surface area contributed by atoms with Gasteiger partial charge in [0.25, 0.3) is 0 Å². The van der Waals surface area contributed by atoms with Crippen LogP contribution in [-0.2, 0) is 24.2 Å². The quantitative estimate of drug-likeness (QED) is 0.836. The largest absolute Gasteiger partial charge is 0.300 e. The summed E-state index contributed by atoms with van der Waals surface area (Å²) >= 11 is 0. The number of rotatable bonds is 4. The fourth-order valence-electron chi connectivity index (χ4n) is 3.97. The van der Waals surface area contributed by atoms with Crippen LogP contribution < -0.4 is 0 Å². The van der Waals surface area contributed by atoms with Crippen molar-refractivity contribution in [3.05, 3.63) is 34.9 Å². The van der Waals surface area contributed by atoms with Crippen LogP contribution in [-0.4, -0.2) is 23.3 Å². The second kappa shape index (κ2) is 6.74. The number of Topliss-reactive ketones (excluding diaryl/α,β-unsaturated/α-hetero) is 1. The van der Waals surface area contributed by atoms with Gasteiger partial charge in [-0.25, -0.2) is 0 Å². The van der Waals surface area contributed by atoms with Crippen LogP contribution in [0.15, 0.2) is 18.2 Å². The third-order valence-electron chi connectivity index (χ3n) is 5.07. The van der Waals surface area contributed by atoms with E-state index in [4.69, 9.17) is 0 Å². The molecule has 0 aromatic heterocycles. The summed E-state index contributed by atoms with van der Waals surface area (Å²) in [6.45, 7) is 3.90. The van der Waals surface area contributed by atoms with Crippen molar-refractivity contribution in [1.82, 2.24) is 4.90 Å². The van der Waals surface area contributed by atoms with E-state index in [1.165, 1.54) is 50.5 Å². The van der Waals surface area contributed by atoms with Gasteiger partial charge >= 0.3 is 0 Å². The Hall–Kier alpha value is -1.15. The molecule has 0 saturated carbocycles. The summed E-state index contributed by atoms with van der Waals surface area (Å²) in [6, 6.07) is 7.51. The van der Waals surface area contributed by atoms with Gasteiger partial charge in [-0.2, -0.15) is 0 Å². The van der Waals surface area contributed by atoms with E-state index in [0.29, 0.717) is 11.8 Å². The van der Waals surface area contributed by atoms with Gasteiger partial charge in [0.15, 0.2) is 0 Å². The number of likely N-dealkylation sites (tertiary alicyclic amines) is 1. The van der Waals surface area contributed by atoms with E-state index in [-0.39, 0.29) is 0 Å². The van der Waals surface area contributed by atoms with Gasteiger partial charge in [0.05, 0.1) is 0 Å². The van der Waals surface area contributed by atoms with E-state index in [0.717, 1.165) is 19.5 Å². The molecule has 1 heterocycles.